The van der Waals surface area contributed by atoms with Crippen molar-refractivity contribution in [3.8, 4) is 22.3 Å². The lowest BCUT2D eigenvalue weighted by atomic mass is 9.35. The average Bonchev–Trinajstić information content (AvgIpc) is 3.35. The van der Waals surface area contributed by atoms with Gasteiger partial charge < -0.3 is 0 Å². The van der Waals surface area contributed by atoms with Crippen LogP contribution in [0.1, 0.15) is 0 Å². The third-order valence-electron chi connectivity index (χ3n) is 7.71. The molecule has 5 aromatic carbocycles. The SMILES string of the molecule is c1cc2c3c(c1)-c1cccc4sc5cccc(c5c14)B3c1cccc3sc4cccc-2c4c13. The third-order valence-corrected chi connectivity index (χ3v) is 9.95. The first kappa shape index (κ1) is 17.1. The van der Waals surface area contributed by atoms with Crippen LogP contribution in [0.3, 0.4) is 0 Å². The maximum atomic E-state index is 2.39. The Hall–Kier alpha value is -3.40. The molecule has 2 aromatic heterocycles. The summed E-state index contributed by atoms with van der Waals surface area (Å²) in [6.45, 7) is 0.221. The smallest absolute Gasteiger partial charge is 0.135 e. The monoisotopic (exact) mass is 450 g/mol. The van der Waals surface area contributed by atoms with Gasteiger partial charge in [0.1, 0.15) is 0 Å². The molecule has 7 aromatic rings. The number of rotatable bonds is 0. The normalized spacial score (nSPS) is 13.4. The van der Waals surface area contributed by atoms with Crippen molar-refractivity contribution in [2.75, 3.05) is 0 Å². The van der Waals surface area contributed by atoms with Crippen LogP contribution in [0.5, 0.6) is 0 Å². The molecule has 150 valence electrons. The van der Waals surface area contributed by atoms with E-state index in [0.717, 1.165) is 0 Å². The summed E-state index contributed by atoms with van der Waals surface area (Å²) in [5, 5.41) is 5.78. The quantitative estimate of drug-likeness (QED) is 0.221. The number of fused-ring (bicyclic) bond motifs is 4. The van der Waals surface area contributed by atoms with E-state index in [4.69, 9.17) is 0 Å². The van der Waals surface area contributed by atoms with E-state index >= 15 is 0 Å². The van der Waals surface area contributed by atoms with Gasteiger partial charge in [-0.2, -0.15) is 0 Å². The molecule has 0 spiro atoms. The highest BCUT2D eigenvalue weighted by molar-refractivity contribution is 7.27. The predicted octanol–water partition coefficient (Wildman–Crippen LogP) is 6.90. The van der Waals surface area contributed by atoms with Gasteiger partial charge in [-0.15, -0.1) is 22.7 Å². The van der Waals surface area contributed by atoms with E-state index in [1.165, 1.54) is 79.0 Å². The first-order chi connectivity index (χ1) is 16.4. The van der Waals surface area contributed by atoms with Crippen LogP contribution in [-0.4, -0.2) is 6.71 Å². The maximum absolute atomic E-state index is 2.39. The lowest BCUT2D eigenvalue weighted by Gasteiger charge is -2.20. The van der Waals surface area contributed by atoms with E-state index in [1.54, 1.807) is 0 Å². The molecule has 2 aliphatic heterocycles. The van der Waals surface area contributed by atoms with Crippen molar-refractivity contribution in [3.05, 3.63) is 91.0 Å². The Morgan fingerprint density at radius 2 is 0.788 bits per heavy atom. The molecule has 0 fully saturated rings. The molecule has 0 N–H and O–H groups in total. The molecule has 0 atom stereocenters. The molecule has 0 saturated carbocycles. The zero-order valence-electron chi connectivity index (χ0n) is 17.6. The molecular weight excluding hydrogens is 435 g/mol. The minimum atomic E-state index is 0.221. The second-order valence-corrected chi connectivity index (χ2v) is 11.4. The van der Waals surface area contributed by atoms with E-state index in [9.17, 15) is 0 Å². The largest absolute Gasteiger partial charge is 0.244 e. The zero-order chi connectivity index (χ0) is 21.3. The van der Waals surface area contributed by atoms with Gasteiger partial charge in [-0.1, -0.05) is 83.1 Å². The van der Waals surface area contributed by atoms with Crippen molar-refractivity contribution in [3.63, 3.8) is 0 Å². The van der Waals surface area contributed by atoms with Crippen molar-refractivity contribution >= 4 is 86.1 Å². The molecule has 0 aliphatic carbocycles. The van der Waals surface area contributed by atoms with E-state index in [0.29, 0.717) is 0 Å². The number of benzene rings is 5. The van der Waals surface area contributed by atoms with Gasteiger partial charge in [0.05, 0.1) is 0 Å². The third kappa shape index (κ3) is 1.92. The molecule has 0 bridgehead atoms. The molecule has 0 nitrogen and oxygen atoms in total. The minimum Gasteiger partial charge on any atom is -0.135 e. The van der Waals surface area contributed by atoms with Crippen molar-refractivity contribution in [1.29, 1.82) is 0 Å². The molecule has 0 amide bonds. The summed E-state index contributed by atoms with van der Waals surface area (Å²) < 4.78 is 5.57. The molecular formula is C30H15BS2. The van der Waals surface area contributed by atoms with Crippen molar-refractivity contribution in [2.24, 2.45) is 0 Å². The molecule has 9 rings (SSSR count). The van der Waals surface area contributed by atoms with Crippen LogP contribution in [0.2, 0.25) is 0 Å². The molecule has 4 heterocycles. The van der Waals surface area contributed by atoms with Gasteiger partial charge in [-0.3, -0.25) is 0 Å². The fourth-order valence-electron chi connectivity index (χ4n) is 6.54. The number of hydrogen-bond donors (Lipinski definition) is 0. The average molecular weight is 450 g/mol. The molecule has 3 heteroatoms. The highest BCUT2D eigenvalue weighted by Crippen LogP contribution is 2.45. The Bertz CT molecular complexity index is 1850. The molecule has 0 unspecified atom stereocenters. The first-order valence-electron chi connectivity index (χ1n) is 11.4. The van der Waals surface area contributed by atoms with E-state index in [-0.39, 0.29) is 6.71 Å². The summed E-state index contributed by atoms with van der Waals surface area (Å²) in [6, 6.07) is 34.6. The maximum Gasteiger partial charge on any atom is 0.244 e. The number of hydrogen-bond acceptors (Lipinski definition) is 2. The zero-order valence-corrected chi connectivity index (χ0v) is 19.2. The van der Waals surface area contributed by atoms with Gasteiger partial charge in [-0.05, 0) is 57.3 Å². The van der Waals surface area contributed by atoms with Crippen LogP contribution in [0, 0.1) is 0 Å². The summed E-state index contributed by atoms with van der Waals surface area (Å²) in [7, 11) is 0. The van der Waals surface area contributed by atoms with Crippen molar-refractivity contribution < 1.29 is 0 Å². The van der Waals surface area contributed by atoms with E-state index in [1.807, 2.05) is 22.7 Å². The summed E-state index contributed by atoms with van der Waals surface area (Å²) >= 11 is 3.86. The highest BCUT2D eigenvalue weighted by atomic mass is 32.1. The standard InChI is InChI=1S/C30H15BS2/c1-8-18-16-6-2-12-22-26(16)28-20(10-4-14-24(28)32-22)31-21-11-5-15-25-29(21)27-17(19(9-1)30(18)31)7-3-13-23(27)33-25/h1-15H. The van der Waals surface area contributed by atoms with Crippen LogP contribution < -0.4 is 16.4 Å². The molecule has 33 heavy (non-hydrogen) atoms. The van der Waals surface area contributed by atoms with Crippen LogP contribution in [0.25, 0.3) is 62.6 Å². The van der Waals surface area contributed by atoms with E-state index < -0.39 is 0 Å². The Morgan fingerprint density at radius 3 is 1.30 bits per heavy atom. The summed E-state index contributed by atoms with van der Waals surface area (Å²) in [5.74, 6) is 0. The summed E-state index contributed by atoms with van der Waals surface area (Å²) in [6.07, 6.45) is 0. The minimum absolute atomic E-state index is 0.221. The lowest BCUT2D eigenvalue weighted by Crippen LogP contribution is -2.52. The van der Waals surface area contributed by atoms with Gasteiger partial charge in [0.25, 0.3) is 0 Å². The van der Waals surface area contributed by atoms with Gasteiger partial charge >= 0.3 is 0 Å². The Balaban J connectivity index is 1.63. The van der Waals surface area contributed by atoms with Crippen LogP contribution in [0.4, 0.5) is 0 Å². The van der Waals surface area contributed by atoms with Crippen LogP contribution in [-0.2, 0) is 0 Å². The van der Waals surface area contributed by atoms with Gasteiger partial charge in [-0.25, -0.2) is 0 Å². The Morgan fingerprint density at radius 1 is 0.394 bits per heavy atom. The second kappa shape index (κ2) is 5.74. The lowest BCUT2D eigenvalue weighted by molar-refractivity contribution is 1.68. The Labute approximate surface area is 198 Å². The Kier molecular flexibility index (Phi) is 2.98. The first-order valence-corrected chi connectivity index (χ1v) is 13.0. The van der Waals surface area contributed by atoms with Crippen molar-refractivity contribution in [2.45, 2.75) is 0 Å². The fraction of sp³-hybridized carbons (Fsp3) is 0. The van der Waals surface area contributed by atoms with Crippen molar-refractivity contribution in [1.82, 2.24) is 0 Å². The van der Waals surface area contributed by atoms with Gasteiger partial charge in [0, 0.05) is 29.6 Å². The van der Waals surface area contributed by atoms with Gasteiger partial charge in [0.2, 0.25) is 6.71 Å². The topological polar surface area (TPSA) is 0 Å². The number of thiophene rings is 2. The van der Waals surface area contributed by atoms with E-state index in [2.05, 4.69) is 91.0 Å². The molecule has 0 radical (unpaired) electrons. The summed E-state index contributed by atoms with van der Waals surface area (Å²) in [4.78, 5) is 0. The second-order valence-electron chi connectivity index (χ2n) is 9.20. The predicted molar refractivity (Wildman–Crippen MR) is 148 cm³/mol. The van der Waals surface area contributed by atoms with Gasteiger partial charge in [0.15, 0.2) is 0 Å². The van der Waals surface area contributed by atoms with Crippen LogP contribution in [0.15, 0.2) is 91.0 Å². The fourth-order valence-corrected chi connectivity index (χ4v) is 8.87. The molecule has 0 saturated heterocycles. The molecule has 2 aliphatic rings. The van der Waals surface area contributed by atoms with Crippen LogP contribution >= 0.6 is 22.7 Å². The highest BCUT2D eigenvalue weighted by Gasteiger charge is 2.37. The summed E-state index contributed by atoms with van der Waals surface area (Å²) in [5.41, 5.74) is 9.93.